The summed E-state index contributed by atoms with van der Waals surface area (Å²) in [5.41, 5.74) is 6.29. The topological polar surface area (TPSA) is 70.8 Å². The fourth-order valence-electron chi connectivity index (χ4n) is 0.937. The molecule has 0 fully saturated rings. The molecular weight excluding hydrogens is 222 g/mol. The van der Waals surface area contributed by atoms with Gasteiger partial charge in [-0.15, -0.1) is 0 Å². The van der Waals surface area contributed by atoms with Gasteiger partial charge in [0.15, 0.2) is 0 Å². The van der Waals surface area contributed by atoms with Crippen LogP contribution < -0.4 is 5.73 Å². The number of nitrogens with two attached hydrogens (primary N) is 1. The van der Waals surface area contributed by atoms with Crippen LogP contribution in [0.1, 0.15) is 20.3 Å². The summed E-state index contributed by atoms with van der Waals surface area (Å²) >= 11 is 0. The first-order valence-electron chi connectivity index (χ1n) is 5.77. The lowest BCUT2D eigenvalue weighted by atomic mass is 10.3. The molecule has 5 heteroatoms. The van der Waals surface area contributed by atoms with Crippen LogP contribution in [0.3, 0.4) is 0 Å². The molecule has 0 bridgehead atoms. The SMILES string of the molecule is CC(=O)CCOCCOCCOC/C(C)=C/N. The van der Waals surface area contributed by atoms with Crippen molar-refractivity contribution in [3.63, 3.8) is 0 Å². The fraction of sp³-hybridized carbons (Fsp3) is 0.750. The third-order valence-corrected chi connectivity index (χ3v) is 1.96. The Morgan fingerprint density at radius 3 is 2.06 bits per heavy atom. The highest BCUT2D eigenvalue weighted by atomic mass is 16.5. The summed E-state index contributed by atoms with van der Waals surface area (Å²) in [7, 11) is 0. The summed E-state index contributed by atoms with van der Waals surface area (Å²) in [6.45, 7) is 6.57. The number of rotatable bonds is 11. The molecule has 0 saturated heterocycles. The minimum atomic E-state index is 0.141. The summed E-state index contributed by atoms with van der Waals surface area (Å²) in [4.78, 5) is 10.6. The number of hydrogen-bond acceptors (Lipinski definition) is 5. The van der Waals surface area contributed by atoms with Gasteiger partial charge in [0.2, 0.25) is 0 Å². The summed E-state index contributed by atoms with van der Waals surface area (Å²) < 4.78 is 15.8. The van der Waals surface area contributed by atoms with Crippen molar-refractivity contribution in [3.05, 3.63) is 11.8 Å². The molecule has 0 aromatic heterocycles. The van der Waals surface area contributed by atoms with Gasteiger partial charge in [-0.3, -0.25) is 4.79 Å². The highest BCUT2D eigenvalue weighted by Gasteiger charge is 1.94. The highest BCUT2D eigenvalue weighted by molar-refractivity contribution is 5.75. The van der Waals surface area contributed by atoms with Gasteiger partial charge in [0.1, 0.15) is 5.78 Å². The average Bonchev–Trinajstić information content (AvgIpc) is 2.30. The van der Waals surface area contributed by atoms with Crippen LogP contribution in [0.25, 0.3) is 0 Å². The molecule has 0 rings (SSSR count). The number of Topliss-reactive ketones (excluding diaryl/α,β-unsaturated/α-hetero) is 1. The van der Waals surface area contributed by atoms with Gasteiger partial charge in [-0.1, -0.05) is 0 Å². The largest absolute Gasteiger partial charge is 0.405 e. The molecule has 0 spiro atoms. The number of carbonyl (C=O) groups is 1. The second-order valence-electron chi connectivity index (χ2n) is 3.74. The number of carbonyl (C=O) groups excluding carboxylic acids is 1. The molecule has 0 saturated carbocycles. The van der Waals surface area contributed by atoms with Gasteiger partial charge in [-0.25, -0.2) is 0 Å². The van der Waals surface area contributed by atoms with E-state index in [1.165, 1.54) is 6.20 Å². The zero-order chi connectivity index (χ0) is 12.9. The van der Waals surface area contributed by atoms with E-state index in [0.717, 1.165) is 5.57 Å². The summed E-state index contributed by atoms with van der Waals surface area (Å²) in [5.74, 6) is 0.141. The minimum Gasteiger partial charge on any atom is -0.405 e. The van der Waals surface area contributed by atoms with Gasteiger partial charge in [0, 0.05) is 6.42 Å². The van der Waals surface area contributed by atoms with E-state index in [9.17, 15) is 4.79 Å². The van der Waals surface area contributed by atoms with Crippen molar-refractivity contribution in [2.24, 2.45) is 5.73 Å². The van der Waals surface area contributed by atoms with Crippen molar-refractivity contribution in [2.75, 3.05) is 39.6 Å². The van der Waals surface area contributed by atoms with Crippen molar-refractivity contribution >= 4 is 5.78 Å². The Morgan fingerprint density at radius 1 is 1.00 bits per heavy atom. The molecular formula is C12H23NO4. The van der Waals surface area contributed by atoms with Crippen molar-refractivity contribution in [3.8, 4) is 0 Å². The monoisotopic (exact) mass is 245 g/mol. The second kappa shape index (κ2) is 11.6. The molecule has 0 heterocycles. The van der Waals surface area contributed by atoms with Crippen LogP contribution >= 0.6 is 0 Å². The Kier molecular flexibility index (Phi) is 11.0. The lowest BCUT2D eigenvalue weighted by Crippen LogP contribution is -2.11. The first kappa shape index (κ1) is 16.1. The zero-order valence-electron chi connectivity index (χ0n) is 10.7. The molecule has 0 radical (unpaired) electrons. The van der Waals surface area contributed by atoms with E-state index in [4.69, 9.17) is 19.9 Å². The molecule has 0 aromatic carbocycles. The Morgan fingerprint density at radius 2 is 1.53 bits per heavy atom. The summed E-state index contributed by atoms with van der Waals surface area (Å²) in [5, 5.41) is 0. The minimum absolute atomic E-state index is 0.141. The Hall–Kier alpha value is -0.910. The molecule has 2 N–H and O–H groups in total. The molecule has 0 aliphatic rings. The van der Waals surface area contributed by atoms with Crippen LogP contribution in [0.5, 0.6) is 0 Å². The lowest BCUT2D eigenvalue weighted by molar-refractivity contribution is -0.118. The first-order valence-corrected chi connectivity index (χ1v) is 5.77. The van der Waals surface area contributed by atoms with E-state index in [2.05, 4.69) is 0 Å². The maximum atomic E-state index is 10.6. The van der Waals surface area contributed by atoms with Crippen LogP contribution in [-0.2, 0) is 19.0 Å². The molecule has 0 unspecified atom stereocenters. The smallest absolute Gasteiger partial charge is 0.132 e. The van der Waals surface area contributed by atoms with Crippen LogP contribution in [0.4, 0.5) is 0 Å². The van der Waals surface area contributed by atoms with Gasteiger partial charge in [-0.2, -0.15) is 0 Å². The normalized spacial score (nSPS) is 11.8. The maximum Gasteiger partial charge on any atom is 0.132 e. The molecule has 0 atom stereocenters. The van der Waals surface area contributed by atoms with Crippen LogP contribution in [0.15, 0.2) is 11.8 Å². The maximum absolute atomic E-state index is 10.6. The number of ether oxygens (including phenoxy) is 3. The second-order valence-corrected chi connectivity index (χ2v) is 3.74. The third-order valence-electron chi connectivity index (χ3n) is 1.96. The molecule has 0 amide bonds. The van der Waals surface area contributed by atoms with E-state index in [1.807, 2.05) is 6.92 Å². The molecule has 100 valence electrons. The average molecular weight is 245 g/mol. The standard InChI is InChI=1S/C12H23NO4/c1-11(9-13)10-17-8-7-16-6-5-15-4-3-12(2)14/h9H,3-8,10,13H2,1-2H3/b11-9+. The third kappa shape index (κ3) is 13.0. The van der Waals surface area contributed by atoms with Gasteiger partial charge in [0.25, 0.3) is 0 Å². The summed E-state index contributed by atoms with van der Waals surface area (Å²) in [6.07, 6.45) is 2.00. The van der Waals surface area contributed by atoms with Crippen LogP contribution in [0.2, 0.25) is 0 Å². The highest BCUT2D eigenvalue weighted by Crippen LogP contribution is 1.90. The fourth-order valence-corrected chi connectivity index (χ4v) is 0.937. The van der Waals surface area contributed by atoms with E-state index in [-0.39, 0.29) is 5.78 Å². The molecule has 5 nitrogen and oxygen atoms in total. The Bertz CT molecular complexity index is 229. The van der Waals surface area contributed by atoms with Crippen molar-refractivity contribution in [1.82, 2.24) is 0 Å². The lowest BCUT2D eigenvalue weighted by Gasteiger charge is -2.06. The molecule has 0 aliphatic carbocycles. The van der Waals surface area contributed by atoms with Gasteiger partial charge >= 0.3 is 0 Å². The van der Waals surface area contributed by atoms with E-state index in [0.29, 0.717) is 46.1 Å². The Balaban J connectivity index is 3.06. The van der Waals surface area contributed by atoms with E-state index in [1.54, 1.807) is 6.92 Å². The van der Waals surface area contributed by atoms with Gasteiger partial charge in [-0.05, 0) is 25.6 Å². The first-order chi connectivity index (χ1) is 8.16. The van der Waals surface area contributed by atoms with Crippen molar-refractivity contribution in [2.45, 2.75) is 20.3 Å². The van der Waals surface area contributed by atoms with E-state index >= 15 is 0 Å². The molecule has 17 heavy (non-hydrogen) atoms. The van der Waals surface area contributed by atoms with Crippen LogP contribution in [-0.4, -0.2) is 45.4 Å². The molecule has 0 aromatic rings. The van der Waals surface area contributed by atoms with Gasteiger partial charge in [0.05, 0.1) is 39.6 Å². The Labute approximate surface area is 103 Å². The number of hydrogen-bond donors (Lipinski definition) is 1. The van der Waals surface area contributed by atoms with Crippen molar-refractivity contribution < 1.29 is 19.0 Å². The number of ketones is 1. The van der Waals surface area contributed by atoms with Gasteiger partial charge < -0.3 is 19.9 Å². The van der Waals surface area contributed by atoms with E-state index < -0.39 is 0 Å². The predicted molar refractivity (Wildman–Crippen MR) is 65.7 cm³/mol. The molecule has 0 aliphatic heterocycles. The quantitative estimate of drug-likeness (QED) is 0.547. The van der Waals surface area contributed by atoms with Crippen LogP contribution in [0, 0.1) is 0 Å². The summed E-state index contributed by atoms with van der Waals surface area (Å²) in [6, 6.07) is 0. The van der Waals surface area contributed by atoms with Crippen molar-refractivity contribution in [1.29, 1.82) is 0 Å². The predicted octanol–water partition coefficient (Wildman–Crippen LogP) is 0.878. The zero-order valence-corrected chi connectivity index (χ0v) is 10.7.